The van der Waals surface area contributed by atoms with Gasteiger partial charge in [0.15, 0.2) is 0 Å². The monoisotopic (exact) mass is 491 g/mol. The second kappa shape index (κ2) is 9.77. The van der Waals surface area contributed by atoms with Gasteiger partial charge < -0.3 is 19.5 Å². The molecule has 188 valence electrons. The van der Waals surface area contributed by atoms with Crippen LogP contribution >= 0.6 is 0 Å². The highest BCUT2D eigenvalue weighted by Gasteiger charge is 2.27. The molecule has 0 unspecified atom stereocenters. The highest BCUT2D eigenvalue weighted by molar-refractivity contribution is 5.78. The first-order valence-corrected chi connectivity index (χ1v) is 11.6. The highest BCUT2D eigenvalue weighted by Crippen LogP contribution is 2.34. The first-order valence-electron chi connectivity index (χ1n) is 11.6. The van der Waals surface area contributed by atoms with E-state index in [1.165, 1.54) is 22.3 Å². The van der Waals surface area contributed by atoms with E-state index >= 15 is 0 Å². The zero-order valence-corrected chi connectivity index (χ0v) is 20.7. The highest BCUT2D eigenvalue weighted by atomic mass is 16.5. The SMILES string of the molecule is COC(=O)C[C@H](c1ccc2c(c1)n(C)c(=O)n2C)c1c(O)cc(C)n(CCc2ccc(O)cc2)c1=O. The molecule has 9 heteroatoms. The van der Waals surface area contributed by atoms with Crippen molar-refractivity contribution in [3.63, 3.8) is 0 Å². The quantitative estimate of drug-likeness (QED) is 0.384. The van der Waals surface area contributed by atoms with Crippen molar-refractivity contribution < 1.29 is 19.7 Å². The van der Waals surface area contributed by atoms with Crippen molar-refractivity contribution in [2.24, 2.45) is 14.1 Å². The van der Waals surface area contributed by atoms with E-state index in [1.807, 2.05) is 0 Å². The molecule has 2 N–H and O–H groups in total. The Balaban J connectivity index is 1.82. The number of aryl methyl sites for hydroxylation is 4. The van der Waals surface area contributed by atoms with E-state index < -0.39 is 17.4 Å². The van der Waals surface area contributed by atoms with E-state index in [2.05, 4.69) is 0 Å². The summed E-state index contributed by atoms with van der Waals surface area (Å²) in [4.78, 5) is 38.5. The third-order valence-corrected chi connectivity index (χ3v) is 6.73. The number of aromatic hydroxyl groups is 2. The van der Waals surface area contributed by atoms with Crippen molar-refractivity contribution in [2.75, 3.05) is 7.11 Å². The van der Waals surface area contributed by atoms with Gasteiger partial charge in [0, 0.05) is 32.3 Å². The Bertz CT molecular complexity index is 1560. The minimum absolute atomic E-state index is 0.0944. The number of carbonyl (C=O) groups is 1. The molecular formula is C27H29N3O6. The van der Waals surface area contributed by atoms with Crippen LogP contribution < -0.4 is 11.2 Å². The van der Waals surface area contributed by atoms with Crippen LogP contribution in [0.2, 0.25) is 0 Å². The Morgan fingerprint density at radius 1 is 0.972 bits per heavy atom. The van der Waals surface area contributed by atoms with Gasteiger partial charge >= 0.3 is 11.7 Å². The summed E-state index contributed by atoms with van der Waals surface area (Å²) in [7, 11) is 4.60. The van der Waals surface area contributed by atoms with Crippen molar-refractivity contribution in [1.82, 2.24) is 13.7 Å². The molecule has 2 aromatic carbocycles. The predicted molar refractivity (Wildman–Crippen MR) is 136 cm³/mol. The molecule has 0 aliphatic carbocycles. The first kappa shape index (κ1) is 24.8. The third-order valence-electron chi connectivity index (χ3n) is 6.73. The van der Waals surface area contributed by atoms with Crippen molar-refractivity contribution in [1.29, 1.82) is 0 Å². The second-order valence-corrected chi connectivity index (χ2v) is 8.94. The van der Waals surface area contributed by atoms with Crippen LogP contribution in [-0.4, -0.2) is 37.0 Å². The van der Waals surface area contributed by atoms with E-state index in [0.717, 1.165) is 5.56 Å². The summed E-state index contributed by atoms with van der Waals surface area (Å²) in [6.07, 6.45) is 0.373. The number of imidazole rings is 1. The number of pyridine rings is 1. The predicted octanol–water partition coefficient (Wildman–Crippen LogP) is 2.70. The molecule has 0 saturated carbocycles. The number of methoxy groups -OCH3 is 1. The van der Waals surface area contributed by atoms with Crippen LogP contribution in [-0.2, 0) is 36.6 Å². The Hall–Kier alpha value is -4.27. The van der Waals surface area contributed by atoms with Gasteiger partial charge in [0.05, 0.1) is 30.1 Å². The van der Waals surface area contributed by atoms with E-state index in [1.54, 1.807) is 68.1 Å². The van der Waals surface area contributed by atoms with Crippen LogP contribution in [0.1, 0.15) is 34.7 Å². The van der Waals surface area contributed by atoms with Gasteiger partial charge in [0.1, 0.15) is 11.5 Å². The third kappa shape index (κ3) is 4.51. The number of benzene rings is 2. The van der Waals surface area contributed by atoms with Crippen LogP contribution in [0.3, 0.4) is 0 Å². The van der Waals surface area contributed by atoms with Crippen LogP contribution in [0.5, 0.6) is 11.5 Å². The maximum Gasteiger partial charge on any atom is 0.328 e. The van der Waals surface area contributed by atoms with Crippen molar-refractivity contribution in [2.45, 2.75) is 32.2 Å². The lowest BCUT2D eigenvalue weighted by Crippen LogP contribution is -2.29. The lowest BCUT2D eigenvalue weighted by Gasteiger charge is -2.21. The number of phenolic OH excluding ortho intramolecular Hbond substituents is 1. The van der Waals surface area contributed by atoms with E-state index in [4.69, 9.17) is 4.74 Å². The summed E-state index contributed by atoms with van der Waals surface area (Å²) >= 11 is 0. The van der Waals surface area contributed by atoms with Crippen LogP contribution in [0, 0.1) is 6.92 Å². The number of ether oxygens (including phenoxy) is 1. The molecule has 0 spiro atoms. The molecule has 2 heterocycles. The number of nitrogens with zero attached hydrogens (tertiary/aromatic N) is 3. The zero-order chi connectivity index (χ0) is 26.1. The number of carbonyl (C=O) groups excluding carboxylic acids is 1. The van der Waals surface area contributed by atoms with Gasteiger partial charge in [-0.2, -0.15) is 0 Å². The van der Waals surface area contributed by atoms with Crippen molar-refractivity contribution in [3.05, 3.63) is 91.8 Å². The fourth-order valence-corrected chi connectivity index (χ4v) is 4.65. The number of hydrogen-bond donors (Lipinski definition) is 2. The molecule has 0 radical (unpaired) electrons. The summed E-state index contributed by atoms with van der Waals surface area (Å²) < 4.78 is 9.49. The average Bonchev–Trinajstić information content (AvgIpc) is 3.07. The van der Waals surface area contributed by atoms with Crippen molar-refractivity contribution in [3.8, 4) is 11.5 Å². The maximum atomic E-state index is 13.7. The van der Waals surface area contributed by atoms with Crippen LogP contribution in [0.25, 0.3) is 11.0 Å². The number of phenols is 1. The number of hydrogen-bond acceptors (Lipinski definition) is 6. The van der Waals surface area contributed by atoms with Gasteiger partial charge in [0.2, 0.25) is 0 Å². The van der Waals surface area contributed by atoms with Gasteiger partial charge in [-0.3, -0.25) is 18.7 Å². The summed E-state index contributed by atoms with van der Waals surface area (Å²) in [6.45, 7) is 2.09. The molecule has 4 aromatic rings. The fourth-order valence-electron chi connectivity index (χ4n) is 4.65. The molecule has 0 saturated heterocycles. The first-order chi connectivity index (χ1) is 17.1. The molecule has 36 heavy (non-hydrogen) atoms. The van der Waals surface area contributed by atoms with Gasteiger partial charge in [-0.15, -0.1) is 0 Å². The number of fused-ring (bicyclic) bond motifs is 1. The summed E-state index contributed by atoms with van der Waals surface area (Å²) in [5.74, 6) is -1.35. The normalized spacial score (nSPS) is 12.1. The summed E-state index contributed by atoms with van der Waals surface area (Å²) in [5.41, 5.74) is 2.99. The molecular weight excluding hydrogens is 462 g/mol. The zero-order valence-electron chi connectivity index (χ0n) is 20.7. The van der Waals surface area contributed by atoms with E-state index in [-0.39, 0.29) is 29.2 Å². The van der Waals surface area contributed by atoms with E-state index in [9.17, 15) is 24.6 Å². The van der Waals surface area contributed by atoms with Crippen LogP contribution in [0.15, 0.2) is 58.1 Å². The van der Waals surface area contributed by atoms with E-state index in [0.29, 0.717) is 35.3 Å². The number of rotatable bonds is 7. The topological polar surface area (TPSA) is 116 Å². The molecule has 4 rings (SSSR count). The Kier molecular flexibility index (Phi) is 6.74. The minimum Gasteiger partial charge on any atom is -0.508 e. The molecule has 0 amide bonds. The number of esters is 1. The molecule has 1 atom stereocenters. The molecule has 9 nitrogen and oxygen atoms in total. The molecule has 0 aliphatic rings. The lowest BCUT2D eigenvalue weighted by molar-refractivity contribution is -0.140. The Morgan fingerprint density at radius 3 is 2.31 bits per heavy atom. The molecule has 0 fully saturated rings. The number of aromatic nitrogens is 3. The summed E-state index contributed by atoms with van der Waals surface area (Å²) in [6, 6.07) is 13.6. The standard InChI is InChI=1S/C27H29N3O6/c1-16-13-23(32)25(26(34)30(16)12-11-17-5-8-19(31)9-6-17)20(15-24(33)36-4)18-7-10-21-22(14-18)29(3)27(35)28(21)2/h5-10,13-14,20,31-32H,11-12,15H2,1-4H3/t20-/m1/s1. The molecule has 0 bridgehead atoms. The molecule has 2 aromatic heterocycles. The Morgan fingerprint density at radius 2 is 1.64 bits per heavy atom. The van der Waals surface area contributed by atoms with Gasteiger partial charge in [-0.05, 0) is 54.8 Å². The minimum atomic E-state index is -0.787. The van der Waals surface area contributed by atoms with Crippen molar-refractivity contribution >= 4 is 17.0 Å². The van der Waals surface area contributed by atoms with Gasteiger partial charge in [-0.25, -0.2) is 4.79 Å². The van der Waals surface area contributed by atoms with Gasteiger partial charge in [-0.1, -0.05) is 18.2 Å². The summed E-state index contributed by atoms with van der Waals surface area (Å²) in [5, 5.41) is 20.4. The van der Waals surface area contributed by atoms with Crippen LogP contribution in [0.4, 0.5) is 0 Å². The lowest BCUT2D eigenvalue weighted by atomic mass is 9.88. The smallest absolute Gasteiger partial charge is 0.328 e. The molecule has 0 aliphatic heterocycles. The fraction of sp³-hybridized carbons (Fsp3) is 0.296. The Labute approximate surface area is 207 Å². The maximum absolute atomic E-state index is 13.7. The largest absolute Gasteiger partial charge is 0.508 e. The van der Waals surface area contributed by atoms with Gasteiger partial charge in [0.25, 0.3) is 5.56 Å². The second-order valence-electron chi connectivity index (χ2n) is 8.94. The average molecular weight is 492 g/mol.